The van der Waals surface area contributed by atoms with Crippen LogP contribution in [0, 0.1) is 0 Å². The number of primary amides is 1. The van der Waals surface area contributed by atoms with Gasteiger partial charge in [-0.05, 0) is 19.3 Å². The first kappa shape index (κ1) is 28.9. The van der Waals surface area contributed by atoms with E-state index in [1.54, 1.807) is 0 Å². The zero-order chi connectivity index (χ0) is 23.3. The van der Waals surface area contributed by atoms with Crippen molar-refractivity contribution in [1.82, 2.24) is 5.32 Å². The normalized spacial score (nSPS) is 11.7. The molecule has 31 heavy (non-hydrogen) atoms. The molecule has 8 nitrogen and oxygen atoms in total. The van der Waals surface area contributed by atoms with Crippen molar-refractivity contribution in [2.75, 3.05) is 0 Å². The zero-order valence-electron chi connectivity index (χ0n) is 18.9. The topological polar surface area (TPSA) is 147 Å². The van der Waals surface area contributed by atoms with E-state index in [0.29, 0.717) is 6.42 Å². The predicted molar refractivity (Wildman–Crippen MR) is 120 cm³/mol. The van der Waals surface area contributed by atoms with Gasteiger partial charge in [-0.2, -0.15) is 0 Å². The first-order valence-electron chi connectivity index (χ1n) is 11.8. The van der Waals surface area contributed by atoms with Gasteiger partial charge in [0.15, 0.2) is 0 Å². The van der Waals surface area contributed by atoms with Gasteiger partial charge in [0, 0.05) is 19.3 Å². The van der Waals surface area contributed by atoms with Crippen LogP contribution in [0.3, 0.4) is 0 Å². The maximum absolute atomic E-state index is 11.8. The molecular formula is C23H42N2O6. The number of carbonyl (C=O) groups excluding carboxylic acids is 2. The lowest BCUT2D eigenvalue weighted by atomic mass is 10.0. The minimum Gasteiger partial charge on any atom is -0.481 e. The van der Waals surface area contributed by atoms with Gasteiger partial charge in [-0.15, -0.1) is 0 Å². The molecule has 180 valence electrons. The van der Waals surface area contributed by atoms with E-state index >= 15 is 0 Å². The Bertz CT molecular complexity index is 524. The van der Waals surface area contributed by atoms with Crippen molar-refractivity contribution in [3.05, 3.63) is 0 Å². The zero-order valence-corrected chi connectivity index (χ0v) is 18.9. The summed E-state index contributed by atoms with van der Waals surface area (Å²) in [6.07, 6.45) is 16.1. The molecule has 0 spiro atoms. The van der Waals surface area contributed by atoms with E-state index in [2.05, 4.69) is 5.32 Å². The molecule has 0 unspecified atom stereocenters. The van der Waals surface area contributed by atoms with Crippen LogP contribution in [0.2, 0.25) is 0 Å². The smallest absolute Gasteiger partial charge is 0.326 e. The molecule has 0 fully saturated rings. The molecule has 8 heteroatoms. The number of carboxylic acids is 2. The molecule has 0 bridgehead atoms. The average molecular weight is 443 g/mol. The van der Waals surface area contributed by atoms with E-state index in [1.165, 1.54) is 44.9 Å². The highest BCUT2D eigenvalue weighted by Gasteiger charge is 2.20. The summed E-state index contributed by atoms with van der Waals surface area (Å²) in [7, 11) is 0. The number of rotatable bonds is 22. The number of amides is 2. The van der Waals surface area contributed by atoms with Crippen LogP contribution >= 0.6 is 0 Å². The number of nitrogens with one attached hydrogen (secondary N) is 1. The fourth-order valence-corrected chi connectivity index (χ4v) is 3.49. The molecule has 0 aliphatic heterocycles. The van der Waals surface area contributed by atoms with E-state index in [9.17, 15) is 19.2 Å². The van der Waals surface area contributed by atoms with Crippen molar-refractivity contribution < 1.29 is 29.4 Å². The summed E-state index contributed by atoms with van der Waals surface area (Å²) in [5.74, 6) is -2.72. The summed E-state index contributed by atoms with van der Waals surface area (Å²) in [5, 5.41) is 20.1. The molecule has 0 aliphatic rings. The van der Waals surface area contributed by atoms with E-state index in [0.717, 1.165) is 44.9 Å². The number of carboxylic acid groups (broad SMARTS) is 2. The fraction of sp³-hybridized carbons (Fsp3) is 0.826. The molecule has 2 amide bonds. The van der Waals surface area contributed by atoms with Gasteiger partial charge in [-0.1, -0.05) is 77.0 Å². The SMILES string of the molecule is NC(=O)CC[C@H](NC(=O)CCCCCCCCCCCCCCCCC(=O)O)C(=O)O. The summed E-state index contributed by atoms with van der Waals surface area (Å²) in [5.41, 5.74) is 5.02. The van der Waals surface area contributed by atoms with Crippen molar-refractivity contribution >= 4 is 23.8 Å². The summed E-state index contributed by atoms with van der Waals surface area (Å²) < 4.78 is 0. The van der Waals surface area contributed by atoms with Gasteiger partial charge >= 0.3 is 11.9 Å². The summed E-state index contributed by atoms with van der Waals surface area (Å²) in [6.45, 7) is 0. The van der Waals surface area contributed by atoms with Gasteiger partial charge < -0.3 is 21.3 Å². The minimum absolute atomic E-state index is 0.0171. The van der Waals surface area contributed by atoms with Crippen LogP contribution in [-0.4, -0.2) is 40.0 Å². The van der Waals surface area contributed by atoms with Gasteiger partial charge in [0.05, 0.1) is 0 Å². The Balaban J connectivity index is 3.43. The maximum atomic E-state index is 11.8. The summed E-state index contributed by atoms with van der Waals surface area (Å²) >= 11 is 0. The highest BCUT2D eigenvalue weighted by Crippen LogP contribution is 2.13. The molecule has 0 rings (SSSR count). The Morgan fingerprint density at radius 2 is 1.00 bits per heavy atom. The minimum atomic E-state index is -1.15. The lowest BCUT2D eigenvalue weighted by molar-refractivity contribution is -0.142. The molecule has 0 radical (unpaired) electrons. The third-order valence-electron chi connectivity index (χ3n) is 5.36. The van der Waals surface area contributed by atoms with Crippen molar-refractivity contribution in [1.29, 1.82) is 0 Å². The first-order valence-corrected chi connectivity index (χ1v) is 11.8. The van der Waals surface area contributed by atoms with Crippen molar-refractivity contribution in [2.24, 2.45) is 5.73 Å². The maximum Gasteiger partial charge on any atom is 0.326 e. The van der Waals surface area contributed by atoms with Crippen molar-refractivity contribution in [3.63, 3.8) is 0 Å². The lowest BCUT2D eigenvalue weighted by Crippen LogP contribution is -2.41. The van der Waals surface area contributed by atoms with E-state index in [4.69, 9.17) is 15.9 Å². The van der Waals surface area contributed by atoms with Gasteiger partial charge in [-0.3, -0.25) is 14.4 Å². The second kappa shape index (κ2) is 19.8. The van der Waals surface area contributed by atoms with Crippen LogP contribution in [0.5, 0.6) is 0 Å². The van der Waals surface area contributed by atoms with Crippen molar-refractivity contribution in [3.8, 4) is 0 Å². The highest BCUT2D eigenvalue weighted by atomic mass is 16.4. The molecule has 0 heterocycles. The van der Waals surface area contributed by atoms with Crippen LogP contribution < -0.4 is 11.1 Å². The lowest BCUT2D eigenvalue weighted by Gasteiger charge is -2.13. The molecule has 0 aliphatic carbocycles. The average Bonchev–Trinajstić information content (AvgIpc) is 2.70. The van der Waals surface area contributed by atoms with Gasteiger partial charge in [-0.25, -0.2) is 4.79 Å². The molecule has 0 saturated heterocycles. The van der Waals surface area contributed by atoms with Crippen molar-refractivity contribution in [2.45, 2.75) is 122 Å². The van der Waals surface area contributed by atoms with Crippen LogP contribution in [-0.2, 0) is 19.2 Å². The Hall–Kier alpha value is -2.12. The monoisotopic (exact) mass is 442 g/mol. The third-order valence-corrected chi connectivity index (χ3v) is 5.36. The Morgan fingerprint density at radius 1 is 0.613 bits per heavy atom. The molecule has 0 saturated carbocycles. The Morgan fingerprint density at radius 3 is 1.35 bits per heavy atom. The van der Waals surface area contributed by atoms with E-state index in [1.807, 2.05) is 0 Å². The molecule has 0 aromatic rings. The standard InChI is InChI=1S/C23H42N2O6/c24-20(26)18-17-19(23(30)31)25-21(27)15-13-11-9-7-5-3-1-2-4-6-8-10-12-14-16-22(28)29/h19H,1-18H2,(H2,24,26)(H,25,27)(H,28,29)(H,30,31)/t19-/m0/s1. The van der Waals surface area contributed by atoms with Gasteiger partial charge in [0.25, 0.3) is 0 Å². The van der Waals surface area contributed by atoms with Crippen LogP contribution in [0.4, 0.5) is 0 Å². The Labute approximate surface area is 186 Å². The second-order valence-electron chi connectivity index (χ2n) is 8.31. The van der Waals surface area contributed by atoms with Crippen LogP contribution in [0.1, 0.15) is 116 Å². The summed E-state index contributed by atoms with van der Waals surface area (Å²) in [6, 6.07) is -1.06. The van der Waals surface area contributed by atoms with Gasteiger partial charge in [0.1, 0.15) is 6.04 Å². The number of hydrogen-bond donors (Lipinski definition) is 4. The largest absolute Gasteiger partial charge is 0.481 e. The van der Waals surface area contributed by atoms with Gasteiger partial charge in [0.2, 0.25) is 11.8 Å². The summed E-state index contributed by atoms with van der Waals surface area (Å²) in [4.78, 5) is 44.1. The van der Waals surface area contributed by atoms with E-state index < -0.39 is 23.9 Å². The molecule has 5 N–H and O–H groups in total. The molecule has 0 aromatic heterocycles. The quantitative estimate of drug-likeness (QED) is 0.185. The van der Waals surface area contributed by atoms with Crippen LogP contribution in [0.15, 0.2) is 0 Å². The number of carbonyl (C=O) groups is 4. The molecule has 0 aromatic carbocycles. The number of unbranched alkanes of at least 4 members (excludes halogenated alkanes) is 13. The van der Waals surface area contributed by atoms with Crippen LogP contribution in [0.25, 0.3) is 0 Å². The fourth-order valence-electron chi connectivity index (χ4n) is 3.49. The number of hydrogen-bond acceptors (Lipinski definition) is 4. The predicted octanol–water partition coefficient (Wildman–Crippen LogP) is 4.15. The first-order chi connectivity index (χ1) is 14.8. The molecular weight excluding hydrogens is 400 g/mol. The third kappa shape index (κ3) is 20.9. The van der Waals surface area contributed by atoms with E-state index in [-0.39, 0.29) is 25.2 Å². The molecule has 1 atom stereocenters. The number of aliphatic carboxylic acids is 2. The second-order valence-corrected chi connectivity index (χ2v) is 8.31. The highest BCUT2D eigenvalue weighted by molar-refractivity contribution is 5.84. The Kier molecular flexibility index (Phi) is 18.5. The number of nitrogens with two attached hydrogens (primary N) is 1.